The van der Waals surface area contributed by atoms with Gasteiger partial charge in [-0.15, -0.1) is 0 Å². The second kappa shape index (κ2) is 6.32. The Hall–Kier alpha value is -1.50. The lowest BCUT2D eigenvalue weighted by Crippen LogP contribution is -2.44. The van der Waals surface area contributed by atoms with E-state index in [1.807, 2.05) is 0 Å². The van der Waals surface area contributed by atoms with E-state index in [4.69, 9.17) is 0 Å². The van der Waals surface area contributed by atoms with Crippen molar-refractivity contribution >= 4 is 5.91 Å². The number of halogens is 2. The van der Waals surface area contributed by atoms with Crippen molar-refractivity contribution in [3.05, 3.63) is 18.2 Å². The first-order chi connectivity index (χ1) is 10.6. The maximum absolute atomic E-state index is 12.8. The highest BCUT2D eigenvalue weighted by Crippen LogP contribution is 2.33. The topological polar surface area (TPSA) is 50.2 Å². The number of alkyl halides is 2. The summed E-state index contributed by atoms with van der Waals surface area (Å²) in [7, 11) is 1.65. The van der Waals surface area contributed by atoms with E-state index in [2.05, 4.69) is 10.3 Å². The molecular weight excluding hydrogens is 290 g/mol. The van der Waals surface area contributed by atoms with Gasteiger partial charge in [0.15, 0.2) is 0 Å². The molecule has 1 aliphatic carbocycles. The first-order valence-corrected chi connectivity index (χ1v) is 7.87. The molecule has 2 heterocycles. The highest BCUT2D eigenvalue weighted by atomic mass is 19.3. The maximum Gasteiger partial charge on any atom is 0.319 e. The van der Waals surface area contributed by atoms with Gasteiger partial charge >= 0.3 is 6.55 Å². The average molecular weight is 312 g/mol. The maximum atomic E-state index is 12.8. The fourth-order valence-electron chi connectivity index (χ4n) is 3.71. The molecule has 1 saturated carbocycles. The third-order valence-corrected chi connectivity index (χ3v) is 4.87. The lowest BCUT2D eigenvalue weighted by molar-refractivity contribution is -0.132. The van der Waals surface area contributed by atoms with Crippen LogP contribution in [0.4, 0.5) is 8.78 Å². The minimum atomic E-state index is -2.63. The number of hydrogen-bond acceptors (Lipinski definition) is 3. The number of imidazole rings is 1. The molecule has 2 fully saturated rings. The fraction of sp³-hybridized carbons (Fsp3) is 0.733. The van der Waals surface area contributed by atoms with Gasteiger partial charge in [-0.2, -0.15) is 8.78 Å². The highest BCUT2D eigenvalue weighted by molar-refractivity contribution is 5.82. The molecule has 122 valence electrons. The highest BCUT2D eigenvalue weighted by Gasteiger charge is 2.39. The van der Waals surface area contributed by atoms with Crippen LogP contribution in [-0.4, -0.2) is 39.5 Å². The molecule has 1 aliphatic heterocycles. The van der Waals surface area contributed by atoms with Gasteiger partial charge in [0.2, 0.25) is 5.91 Å². The van der Waals surface area contributed by atoms with Crippen molar-refractivity contribution in [2.45, 2.75) is 57.3 Å². The SMILES string of the molecule is CN(Cc1nccn1C(F)F)C(=O)C1CC2CCCCC2N1. The number of amides is 1. The first kappa shape index (κ1) is 15.4. The van der Waals surface area contributed by atoms with E-state index in [-0.39, 0.29) is 24.3 Å². The number of nitrogens with one attached hydrogen (secondary N) is 1. The summed E-state index contributed by atoms with van der Waals surface area (Å²) in [6, 6.07) is 0.257. The van der Waals surface area contributed by atoms with E-state index in [0.29, 0.717) is 12.0 Å². The number of carbonyl (C=O) groups is 1. The van der Waals surface area contributed by atoms with Crippen LogP contribution in [0, 0.1) is 5.92 Å². The molecule has 0 aromatic carbocycles. The molecule has 5 nitrogen and oxygen atoms in total. The smallest absolute Gasteiger partial charge is 0.319 e. The summed E-state index contributed by atoms with van der Waals surface area (Å²) in [5.41, 5.74) is 0. The van der Waals surface area contributed by atoms with Crippen molar-refractivity contribution in [2.24, 2.45) is 5.92 Å². The van der Waals surface area contributed by atoms with Crippen molar-refractivity contribution in [1.82, 2.24) is 19.8 Å². The lowest BCUT2D eigenvalue weighted by Gasteiger charge is -2.24. The van der Waals surface area contributed by atoms with Gasteiger partial charge in [-0.25, -0.2) is 4.98 Å². The van der Waals surface area contributed by atoms with Crippen LogP contribution < -0.4 is 5.32 Å². The van der Waals surface area contributed by atoms with E-state index in [0.717, 1.165) is 17.4 Å². The summed E-state index contributed by atoms with van der Waals surface area (Å²) in [5.74, 6) is 0.763. The fourth-order valence-corrected chi connectivity index (χ4v) is 3.71. The monoisotopic (exact) mass is 312 g/mol. The summed E-state index contributed by atoms with van der Waals surface area (Å²) < 4.78 is 26.4. The number of rotatable bonds is 4. The van der Waals surface area contributed by atoms with Crippen LogP contribution in [0.2, 0.25) is 0 Å². The zero-order valence-corrected chi connectivity index (χ0v) is 12.7. The van der Waals surface area contributed by atoms with Gasteiger partial charge in [-0.3, -0.25) is 9.36 Å². The molecule has 1 aromatic rings. The quantitative estimate of drug-likeness (QED) is 0.927. The number of nitrogens with zero attached hydrogens (tertiary/aromatic N) is 3. The molecule has 1 saturated heterocycles. The molecule has 1 N–H and O–H groups in total. The molecule has 7 heteroatoms. The molecule has 1 amide bonds. The van der Waals surface area contributed by atoms with Gasteiger partial charge in [0, 0.05) is 25.5 Å². The third kappa shape index (κ3) is 2.99. The second-order valence-corrected chi connectivity index (χ2v) is 6.33. The van der Waals surface area contributed by atoms with Crippen LogP contribution in [0.5, 0.6) is 0 Å². The summed E-state index contributed by atoms with van der Waals surface area (Å²) in [5, 5.41) is 3.42. The Labute approximate surface area is 128 Å². The van der Waals surface area contributed by atoms with Crippen molar-refractivity contribution in [1.29, 1.82) is 0 Å². The molecule has 3 atom stereocenters. The minimum absolute atomic E-state index is 0.0294. The van der Waals surface area contributed by atoms with Gasteiger partial charge in [-0.05, 0) is 25.2 Å². The predicted molar refractivity (Wildman–Crippen MR) is 77.2 cm³/mol. The first-order valence-electron chi connectivity index (χ1n) is 7.87. The van der Waals surface area contributed by atoms with Crippen LogP contribution in [0.3, 0.4) is 0 Å². The lowest BCUT2D eigenvalue weighted by atomic mass is 9.85. The van der Waals surface area contributed by atoms with E-state index in [9.17, 15) is 13.6 Å². The van der Waals surface area contributed by atoms with Gasteiger partial charge in [0.05, 0.1) is 12.6 Å². The summed E-state index contributed by atoms with van der Waals surface area (Å²) in [6.07, 6.45) is 8.21. The normalized spacial score (nSPS) is 27.9. The van der Waals surface area contributed by atoms with Gasteiger partial charge in [-0.1, -0.05) is 12.8 Å². The summed E-state index contributed by atoms with van der Waals surface area (Å²) >= 11 is 0. The number of fused-ring (bicyclic) bond motifs is 1. The molecule has 2 aliphatic rings. The Kier molecular flexibility index (Phi) is 4.42. The van der Waals surface area contributed by atoms with Gasteiger partial charge in [0.25, 0.3) is 0 Å². The van der Waals surface area contributed by atoms with Crippen LogP contribution >= 0.6 is 0 Å². The van der Waals surface area contributed by atoms with Crippen molar-refractivity contribution < 1.29 is 13.6 Å². The average Bonchev–Trinajstić information content (AvgIpc) is 3.12. The van der Waals surface area contributed by atoms with Crippen LogP contribution in [0.15, 0.2) is 12.4 Å². The molecule has 22 heavy (non-hydrogen) atoms. The molecule has 0 bridgehead atoms. The Bertz CT molecular complexity index is 519. The van der Waals surface area contributed by atoms with Gasteiger partial charge < -0.3 is 10.2 Å². The van der Waals surface area contributed by atoms with Crippen molar-refractivity contribution in [3.63, 3.8) is 0 Å². The van der Waals surface area contributed by atoms with Crippen LogP contribution in [-0.2, 0) is 11.3 Å². The molecule has 0 radical (unpaired) electrons. The molecule has 3 unspecified atom stereocenters. The Morgan fingerprint density at radius 1 is 1.50 bits per heavy atom. The molecule has 1 aromatic heterocycles. The van der Waals surface area contributed by atoms with Crippen LogP contribution in [0.25, 0.3) is 0 Å². The predicted octanol–water partition coefficient (Wildman–Crippen LogP) is 2.16. The second-order valence-electron chi connectivity index (χ2n) is 6.33. The van der Waals surface area contributed by atoms with E-state index in [1.54, 1.807) is 7.05 Å². The van der Waals surface area contributed by atoms with Crippen molar-refractivity contribution in [3.8, 4) is 0 Å². The van der Waals surface area contributed by atoms with Crippen LogP contribution in [0.1, 0.15) is 44.5 Å². The van der Waals surface area contributed by atoms with Crippen molar-refractivity contribution in [2.75, 3.05) is 7.05 Å². The zero-order chi connectivity index (χ0) is 15.7. The standard InChI is InChI=1S/C15H22F2N4O/c1-20(9-13-18-6-7-21(13)15(16)17)14(22)12-8-10-4-2-3-5-11(10)19-12/h6-7,10-12,15,19H,2-5,8-9H2,1H3. The third-order valence-electron chi connectivity index (χ3n) is 4.87. The largest absolute Gasteiger partial charge is 0.337 e. The summed E-state index contributed by atoms with van der Waals surface area (Å²) in [4.78, 5) is 18.0. The number of hydrogen-bond donors (Lipinski definition) is 1. The van der Waals surface area contributed by atoms with E-state index >= 15 is 0 Å². The Morgan fingerprint density at radius 2 is 2.27 bits per heavy atom. The summed E-state index contributed by atoms with van der Waals surface area (Å²) in [6.45, 7) is -2.53. The zero-order valence-electron chi connectivity index (χ0n) is 12.7. The Morgan fingerprint density at radius 3 is 3.00 bits per heavy atom. The molecule has 0 spiro atoms. The number of carbonyl (C=O) groups excluding carboxylic acids is 1. The van der Waals surface area contributed by atoms with Gasteiger partial charge in [0.1, 0.15) is 5.82 Å². The van der Waals surface area contributed by atoms with E-state index < -0.39 is 6.55 Å². The number of likely N-dealkylation sites (N-methyl/N-ethyl adjacent to an activating group) is 1. The number of aromatic nitrogens is 2. The Balaban J connectivity index is 1.61. The van der Waals surface area contributed by atoms with E-state index in [1.165, 1.54) is 36.6 Å². The molecule has 3 rings (SSSR count). The minimum Gasteiger partial charge on any atom is -0.337 e. The molecular formula is C15H22F2N4O.